The van der Waals surface area contributed by atoms with Crippen molar-refractivity contribution >= 4 is 19.3 Å². The summed E-state index contributed by atoms with van der Waals surface area (Å²) in [7, 11) is -0.699. The SMILES string of the molecule is CC1(C)OB(C(=Cc2ccc(O)c(CO)c2)CNC(=O)OCC2c3ccccc3-c3ccccc32)OC1(C)C. The number of carbonyl (C=O) groups is 1. The summed E-state index contributed by atoms with van der Waals surface area (Å²) in [4.78, 5) is 12.9. The predicted molar refractivity (Wildman–Crippen MR) is 151 cm³/mol. The van der Waals surface area contributed by atoms with Gasteiger partial charge in [0.05, 0.1) is 17.8 Å². The lowest BCUT2D eigenvalue weighted by Gasteiger charge is -2.32. The van der Waals surface area contributed by atoms with Crippen LogP contribution in [0.3, 0.4) is 0 Å². The molecule has 0 atom stereocenters. The highest BCUT2D eigenvalue weighted by atomic mass is 16.7. The van der Waals surface area contributed by atoms with Gasteiger partial charge in [-0.3, -0.25) is 0 Å². The number of hydrogen-bond acceptors (Lipinski definition) is 6. The number of aromatic hydroxyl groups is 1. The summed E-state index contributed by atoms with van der Waals surface area (Å²) in [5.74, 6) is -0.0150. The normalized spacial score (nSPS) is 17.6. The molecule has 1 heterocycles. The molecule has 0 unspecified atom stereocenters. The van der Waals surface area contributed by atoms with E-state index in [0.29, 0.717) is 11.0 Å². The van der Waals surface area contributed by atoms with Gasteiger partial charge in [0, 0.05) is 18.0 Å². The summed E-state index contributed by atoms with van der Waals surface area (Å²) in [6.07, 6.45) is 1.30. The predicted octanol–water partition coefficient (Wildman–Crippen LogP) is 5.44. The summed E-state index contributed by atoms with van der Waals surface area (Å²) in [5, 5.41) is 22.4. The van der Waals surface area contributed by atoms with Crippen molar-refractivity contribution in [1.29, 1.82) is 0 Å². The fraction of sp³-hybridized carbons (Fsp3) is 0.323. The van der Waals surface area contributed by atoms with Crippen molar-refractivity contribution in [3.63, 3.8) is 0 Å². The van der Waals surface area contributed by atoms with Crippen molar-refractivity contribution in [2.24, 2.45) is 0 Å². The number of aliphatic hydroxyl groups excluding tert-OH is 1. The first-order valence-electron chi connectivity index (χ1n) is 13.2. The smallest absolute Gasteiger partial charge is 0.492 e. The molecule has 1 aliphatic heterocycles. The average molecular weight is 527 g/mol. The fourth-order valence-corrected chi connectivity index (χ4v) is 5.06. The second-order valence-electron chi connectivity index (χ2n) is 11.0. The second kappa shape index (κ2) is 10.5. The van der Waals surface area contributed by atoms with E-state index in [1.54, 1.807) is 12.1 Å². The lowest BCUT2D eigenvalue weighted by Crippen LogP contribution is -2.41. The number of fused-ring (bicyclic) bond motifs is 3. The topological polar surface area (TPSA) is 97.2 Å². The fourth-order valence-electron chi connectivity index (χ4n) is 5.06. The molecule has 8 heteroatoms. The first-order valence-corrected chi connectivity index (χ1v) is 13.2. The average Bonchev–Trinajstić information content (AvgIpc) is 3.35. The Labute approximate surface area is 229 Å². The van der Waals surface area contributed by atoms with Gasteiger partial charge in [-0.2, -0.15) is 0 Å². The number of carbonyl (C=O) groups excluding carboxylic acids is 1. The molecule has 3 aromatic carbocycles. The van der Waals surface area contributed by atoms with Gasteiger partial charge < -0.3 is 29.6 Å². The van der Waals surface area contributed by atoms with E-state index in [0.717, 1.165) is 16.7 Å². The van der Waals surface area contributed by atoms with Crippen molar-refractivity contribution in [3.8, 4) is 16.9 Å². The minimum Gasteiger partial charge on any atom is -0.508 e. The highest BCUT2D eigenvalue weighted by molar-refractivity contribution is 6.56. The van der Waals surface area contributed by atoms with Gasteiger partial charge in [0.1, 0.15) is 12.4 Å². The van der Waals surface area contributed by atoms with Crippen LogP contribution in [0.2, 0.25) is 0 Å². The van der Waals surface area contributed by atoms with Gasteiger partial charge in [-0.15, -0.1) is 0 Å². The van der Waals surface area contributed by atoms with Crippen LogP contribution in [-0.4, -0.2) is 47.8 Å². The van der Waals surface area contributed by atoms with Crippen LogP contribution in [0, 0.1) is 0 Å². The maximum Gasteiger partial charge on any atom is 0.492 e. The summed E-state index contributed by atoms with van der Waals surface area (Å²) in [6.45, 7) is 7.91. The zero-order valence-corrected chi connectivity index (χ0v) is 22.7. The van der Waals surface area contributed by atoms with Gasteiger partial charge in [0.25, 0.3) is 0 Å². The molecule has 1 aliphatic carbocycles. The molecule has 5 rings (SSSR count). The van der Waals surface area contributed by atoms with Crippen LogP contribution < -0.4 is 5.32 Å². The summed E-state index contributed by atoms with van der Waals surface area (Å²) in [6, 6.07) is 21.4. The molecule has 0 bridgehead atoms. The first-order chi connectivity index (χ1) is 18.6. The third kappa shape index (κ3) is 5.32. The Morgan fingerprint density at radius 3 is 2.15 bits per heavy atom. The summed E-state index contributed by atoms with van der Waals surface area (Å²) in [5.41, 5.74) is 5.33. The first kappa shape index (κ1) is 27.0. The second-order valence-corrected chi connectivity index (χ2v) is 11.0. The van der Waals surface area contributed by atoms with Gasteiger partial charge in [-0.1, -0.05) is 60.7 Å². The Hall–Kier alpha value is -3.59. The van der Waals surface area contributed by atoms with E-state index >= 15 is 0 Å². The Morgan fingerprint density at radius 1 is 0.974 bits per heavy atom. The van der Waals surface area contributed by atoms with Crippen molar-refractivity contribution in [1.82, 2.24) is 5.32 Å². The van der Waals surface area contributed by atoms with E-state index in [1.807, 2.05) is 58.0 Å². The van der Waals surface area contributed by atoms with Crippen LogP contribution in [-0.2, 0) is 20.7 Å². The molecule has 1 saturated heterocycles. The molecule has 0 saturated carbocycles. The molecule has 0 spiro atoms. The Balaban J connectivity index is 1.31. The number of rotatable bonds is 7. The maximum atomic E-state index is 12.9. The summed E-state index contributed by atoms with van der Waals surface area (Å²) < 4.78 is 18.2. The van der Waals surface area contributed by atoms with E-state index < -0.39 is 24.4 Å². The van der Waals surface area contributed by atoms with Crippen molar-refractivity contribution in [2.45, 2.75) is 51.4 Å². The van der Waals surface area contributed by atoms with Gasteiger partial charge >= 0.3 is 13.2 Å². The van der Waals surface area contributed by atoms with Gasteiger partial charge in [0.2, 0.25) is 0 Å². The van der Waals surface area contributed by atoms with E-state index in [2.05, 4.69) is 29.6 Å². The number of nitrogens with one attached hydrogen (secondary N) is 1. The highest BCUT2D eigenvalue weighted by Gasteiger charge is 2.52. The lowest BCUT2D eigenvalue weighted by molar-refractivity contribution is 0.00578. The zero-order valence-electron chi connectivity index (χ0n) is 22.7. The van der Waals surface area contributed by atoms with E-state index in [4.69, 9.17) is 14.0 Å². The van der Waals surface area contributed by atoms with Crippen LogP contribution >= 0.6 is 0 Å². The molecule has 3 aromatic rings. The molecule has 1 fully saturated rings. The molecule has 2 aliphatic rings. The molecule has 202 valence electrons. The van der Waals surface area contributed by atoms with Crippen LogP contribution in [0.15, 0.2) is 72.2 Å². The molecule has 0 aromatic heterocycles. The monoisotopic (exact) mass is 527 g/mol. The van der Waals surface area contributed by atoms with Gasteiger partial charge in [0.15, 0.2) is 0 Å². The molecule has 1 amide bonds. The van der Waals surface area contributed by atoms with E-state index in [-0.39, 0.29) is 31.4 Å². The number of aliphatic hydroxyl groups is 1. The number of hydrogen-bond donors (Lipinski definition) is 3. The van der Waals surface area contributed by atoms with Crippen molar-refractivity contribution in [2.75, 3.05) is 13.2 Å². The molecular formula is C31H34BNO6. The zero-order chi connectivity index (χ0) is 27.8. The third-order valence-corrected chi connectivity index (χ3v) is 7.96. The number of alkyl carbamates (subject to hydrolysis) is 1. The minimum atomic E-state index is -0.699. The molecule has 7 nitrogen and oxygen atoms in total. The van der Waals surface area contributed by atoms with E-state index in [9.17, 15) is 15.0 Å². The van der Waals surface area contributed by atoms with Gasteiger partial charge in [-0.25, -0.2) is 4.79 Å². The Morgan fingerprint density at radius 2 is 1.56 bits per heavy atom. The van der Waals surface area contributed by atoms with Crippen molar-refractivity contribution in [3.05, 3.63) is 94.5 Å². The largest absolute Gasteiger partial charge is 0.508 e. The van der Waals surface area contributed by atoms with Crippen LogP contribution in [0.5, 0.6) is 5.75 Å². The number of benzene rings is 3. The third-order valence-electron chi connectivity index (χ3n) is 7.96. The Bertz CT molecular complexity index is 1350. The minimum absolute atomic E-state index is 0.0172. The van der Waals surface area contributed by atoms with Crippen LogP contribution in [0.4, 0.5) is 4.79 Å². The highest BCUT2D eigenvalue weighted by Crippen LogP contribution is 2.44. The number of amides is 1. The standard InChI is InChI=1S/C31H34BNO6/c1-30(2)31(3,4)39-32(38-30)22(16-20-13-14-28(35)21(15-20)18-34)17-33-29(36)37-19-27-25-11-7-5-9-23(25)24-10-6-8-12-26(24)27/h5-16,27,34-35H,17-19H2,1-4H3,(H,33,36). The molecular weight excluding hydrogens is 493 g/mol. The lowest BCUT2D eigenvalue weighted by atomic mass is 9.77. The molecule has 3 N–H and O–H groups in total. The molecule has 0 radical (unpaired) electrons. The molecule has 39 heavy (non-hydrogen) atoms. The number of ether oxygens (including phenoxy) is 1. The summed E-state index contributed by atoms with van der Waals surface area (Å²) >= 11 is 0. The maximum absolute atomic E-state index is 12.9. The van der Waals surface area contributed by atoms with Gasteiger partial charge in [-0.05, 0) is 73.1 Å². The Kier molecular flexibility index (Phi) is 7.29. The van der Waals surface area contributed by atoms with Crippen molar-refractivity contribution < 1.29 is 29.1 Å². The quantitative estimate of drug-likeness (QED) is 0.354. The van der Waals surface area contributed by atoms with Crippen LogP contribution in [0.1, 0.15) is 55.9 Å². The van der Waals surface area contributed by atoms with E-state index in [1.165, 1.54) is 17.2 Å². The van der Waals surface area contributed by atoms with Crippen LogP contribution in [0.25, 0.3) is 17.2 Å². The number of phenols is 1.